The quantitative estimate of drug-likeness (QED) is 0.655. The molecular weight excluding hydrogens is 392 g/mol. The number of anilines is 1. The van der Waals surface area contributed by atoms with Crippen molar-refractivity contribution in [3.8, 4) is 0 Å². The topological polar surface area (TPSA) is 49.4 Å². The zero-order valence-electron chi connectivity index (χ0n) is 15.5. The van der Waals surface area contributed by atoms with E-state index in [1.54, 1.807) is 16.4 Å². The Labute approximate surface area is 170 Å². The maximum Gasteiger partial charge on any atom is 0.247 e. The molecule has 0 saturated carbocycles. The second-order valence-corrected chi connectivity index (χ2v) is 9.24. The van der Waals surface area contributed by atoms with E-state index in [9.17, 15) is 8.42 Å². The van der Waals surface area contributed by atoms with Gasteiger partial charge in [-0.1, -0.05) is 65.7 Å². The van der Waals surface area contributed by atoms with Crippen LogP contribution in [0.3, 0.4) is 0 Å². The molecule has 1 N–H and O–H groups in total. The first-order valence-electron chi connectivity index (χ1n) is 9.13. The van der Waals surface area contributed by atoms with E-state index < -0.39 is 16.2 Å². The van der Waals surface area contributed by atoms with Crippen LogP contribution in [0.2, 0.25) is 5.02 Å². The number of nitrogens with zero attached hydrogens (tertiary/aromatic N) is 1. The van der Waals surface area contributed by atoms with Gasteiger partial charge in [-0.05, 0) is 48.7 Å². The molecule has 144 valence electrons. The van der Waals surface area contributed by atoms with Crippen LogP contribution in [-0.2, 0) is 16.4 Å². The van der Waals surface area contributed by atoms with Crippen molar-refractivity contribution in [3.63, 3.8) is 0 Å². The van der Waals surface area contributed by atoms with Gasteiger partial charge in [0.05, 0.1) is 5.69 Å². The number of rotatable bonds is 4. The average Bonchev–Trinajstić information content (AvgIpc) is 2.68. The third-order valence-corrected chi connectivity index (χ3v) is 7.12. The standard InChI is InChI=1S/C22H21ClN2O2S/c1-16-5-4-6-18(15-16)22-24-20-7-2-3-8-21(20)28(26,27)25(22)14-13-17-9-11-19(23)12-10-17/h2-12,15,22,24H,13-14H2,1H3. The van der Waals surface area contributed by atoms with Crippen molar-refractivity contribution in [1.82, 2.24) is 4.31 Å². The lowest BCUT2D eigenvalue weighted by molar-refractivity contribution is 0.345. The Kier molecular flexibility index (Phi) is 5.15. The van der Waals surface area contributed by atoms with Crippen LogP contribution in [0.25, 0.3) is 0 Å². The molecule has 0 aromatic heterocycles. The summed E-state index contributed by atoms with van der Waals surface area (Å²) in [6, 6.07) is 22.5. The van der Waals surface area contributed by atoms with Gasteiger partial charge in [0.25, 0.3) is 0 Å². The highest BCUT2D eigenvalue weighted by Gasteiger charge is 2.38. The summed E-state index contributed by atoms with van der Waals surface area (Å²) in [5, 5.41) is 4.09. The summed E-state index contributed by atoms with van der Waals surface area (Å²) in [6.07, 6.45) is 0.148. The minimum absolute atomic E-state index is 0.315. The van der Waals surface area contributed by atoms with E-state index in [0.29, 0.717) is 28.6 Å². The van der Waals surface area contributed by atoms with Crippen LogP contribution in [0.5, 0.6) is 0 Å². The summed E-state index contributed by atoms with van der Waals surface area (Å²) in [5.74, 6) is 0. The highest BCUT2D eigenvalue weighted by atomic mass is 35.5. The number of aryl methyl sites for hydroxylation is 1. The molecule has 0 radical (unpaired) electrons. The van der Waals surface area contributed by atoms with Gasteiger partial charge in [0.15, 0.2) is 0 Å². The molecule has 1 aliphatic rings. The average molecular weight is 413 g/mol. The molecular formula is C22H21ClN2O2S. The summed E-state index contributed by atoms with van der Waals surface area (Å²) in [5.41, 5.74) is 3.69. The van der Waals surface area contributed by atoms with Gasteiger partial charge in [0, 0.05) is 11.6 Å². The molecule has 1 unspecified atom stereocenters. The van der Waals surface area contributed by atoms with Gasteiger partial charge in [0.1, 0.15) is 11.1 Å². The first-order chi connectivity index (χ1) is 13.4. The number of hydrogen-bond donors (Lipinski definition) is 1. The predicted molar refractivity (Wildman–Crippen MR) is 113 cm³/mol. The molecule has 1 aliphatic heterocycles. The molecule has 4 nitrogen and oxygen atoms in total. The van der Waals surface area contributed by atoms with E-state index in [1.165, 1.54) is 0 Å². The maximum absolute atomic E-state index is 13.4. The van der Waals surface area contributed by atoms with Crippen molar-refractivity contribution in [1.29, 1.82) is 0 Å². The zero-order chi connectivity index (χ0) is 19.7. The lowest BCUT2D eigenvalue weighted by Crippen LogP contribution is -2.43. The van der Waals surface area contributed by atoms with Gasteiger partial charge < -0.3 is 5.32 Å². The van der Waals surface area contributed by atoms with Crippen molar-refractivity contribution >= 4 is 27.3 Å². The van der Waals surface area contributed by atoms with Crippen molar-refractivity contribution < 1.29 is 8.42 Å². The molecule has 1 heterocycles. The molecule has 1 atom stereocenters. The van der Waals surface area contributed by atoms with E-state index in [0.717, 1.165) is 16.7 Å². The van der Waals surface area contributed by atoms with Gasteiger partial charge in [0.2, 0.25) is 10.0 Å². The van der Waals surface area contributed by atoms with Gasteiger partial charge in [-0.25, -0.2) is 8.42 Å². The summed E-state index contributed by atoms with van der Waals surface area (Å²) < 4.78 is 28.4. The molecule has 0 bridgehead atoms. The monoisotopic (exact) mass is 412 g/mol. The van der Waals surface area contributed by atoms with Crippen LogP contribution in [0.1, 0.15) is 22.9 Å². The fourth-order valence-electron chi connectivity index (χ4n) is 3.52. The number of benzene rings is 3. The first-order valence-corrected chi connectivity index (χ1v) is 11.0. The second-order valence-electron chi connectivity index (χ2n) is 6.95. The van der Waals surface area contributed by atoms with Crippen molar-refractivity contribution in [3.05, 3.63) is 94.5 Å². The lowest BCUT2D eigenvalue weighted by atomic mass is 10.1. The molecule has 0 fully saturated rings. The Morgan fingerprint density at radius 2 is 1.75 bits per heavy atom. The van der Waals surface area contributed by atoms with Crippen LogP contribution >= 0.6 is 11.6 Å². The van der Waals surface area contributed by atoms with Crippen LogP contribution in [0, 0.1) is 6.92 Å². The Balaban J connectivity index is 1.73. The third-order valence-electron chi connectivity index (χ3n) is 4.95. The summed E-state index contributed by atoms with van der Waals surface area (Å²) in [7, 11) is -3.63. The van der Waals surface area contributed by atoms with E-state index in [-0.39, 0.29) is 0 Å². The molecule has 0 saturated heterocycles. The molecule has 28 heavy (non-hydrogen) atoms. The molecule has 4 rings (SSSR count). The number of fused-ring (bicyclic) bond motifs is 1. The second kappa shape index (κ2) is 7.59. The predicted octanol–water partition coefficient (Wildman–Crippen LogP) is 5.01. The van der Waals surface area contributed by atoms with E-state index in [1.807, 2.05) is 67.6 Å². The normalized spacial score (nSPS) is 18.3. The summed E-state index contributed by atoms with van der Waals surface area (Å²) in [4.78, 5) is 0.315. The highest BCUT2D eigenvalue weighted by Crippen LogP contribution is 2.38. The van der Waals surface area contributed by atoms with Crippen LogP contribution < -0.4 is 5.32 Å². The minimum Gasteiger partial charge on any atom is -0.364 e. The Morgan fingerprint density at radius 3 is 2.50 bits per heavy atom. The Bertz CT molecular complexity index is 1100. The van der Waals surface area contributed by atoms with Gasteiger partial charge >= 0.3 is 0 Å². The number of sulfonamides is 1. The highest BCUT2D eigenvalue weighted by molar-refractivity contribution is 7.89. The zero-order valence-corrected chi connectivity index (χ0v) is 17.0. The molecule has 0 aliphatic carbocycles. The summed E-state index contributed by atoms with van der Waals surface area (Å²) in [6.45, 7) is 2.37. The van der Waals surface area contributed by atoms with E-state index in [4.69, 9.17) is 11.6 Å². The Morgan fingerprint density at radius 1 is 1.00 bits per heavy atom. The van der Waals surface area contributed by atoms with Crippen LogP contribution in [0.4, 0.5) is 5.69 Å². The third kappa shape index (κ3) is 3.65. The number of para-hydroxylation sites is 1. The molecule has 0 spiro atoms. The van der Waals surface area contributed by atoms with Crippen molar-refractivity contribution in [2.75, 3.05) is 11.9 Å². The van der Waals surface area contributed by atoms with Gasteiger partial charge in [-0.2, -0.15) is 4.31 Å². The fraction of sp³-hybridized carbons (Fsp3) is 0.182. The van der Waals surface area contributed by atoms with Gasteiger partial charge in [-0.15, -0.1) is 0 Å². The Hall–Kier alpha value is -2.34. The smallest absolute Gasteiger partial charge is 0.247 e. The fourth-order valence-corrected chi connectivity index (χ4v) is 5.34. The molecule has 0 amide bonds. The number of hydrogen-bond acceptors (Lipinski definition) is 3. The number of nitrogens with one attached hydrogen (secondary N) is 1. The SMILES string of the molecule is Cc1cccc(C2Nc3ccccc3S(=O)(=O)N2CCc2ccc(Cl)cc2)c1. The number of halogens is 1. The largest absolute Gasteiger partial charge is 0.364 e. The van der Waals surface area contributed by atoms with Crippen molar-refractivity contribution in [2.45, 2.75) is 24.4 Å². The molecule has 6 heteroatoms. The first kappa shape index (κ1) is 19.0. The lowest BCUT2D eigenvalue weighted by Gasteiger charge is -2.37. The summed E-state index contributed by atoms with van der Waals surface area (Å²) >= 11 is 5.96. The van der Waals surface area contributed by atoms with Crippen LogP contribution in [0.15, 0.2) is 77.7 Å². The van der Waals surface area contributed by atoms with Crippen LogP contribution in [-0.4, -0.2) is 19.3 Å². The van der Waals surface area contributed by atoms with Crippen molar-refractivity contribution in [2.24, 2.45) is 0 Å². The molecule has 3 aromatic rings. The van der Waals surface area contributed by atoms with E-state index in [2.05, 4.69) is 5.32 Å². The van der Waals surface area contributed by atoms with E-state index >= 15 is 0 Å². The molecule has 3 aromatic carbocycles. The van der Waals surface area contributed by atoms with Gasteiger partial charge in [-0.3, -0.25) is 0 Å². The minimum atomic E-state index is -3.63. The maximum atomic E-state index is 13.4.